The third-order valence-electron chi connectivity index (χ3n) is 0.779. The standard InChI is InChI=1S/C5H11N.C2H6/c1-3-5(6)4-2;1-2/h3H,4,6H2,1-2H3;1-2H3/b5-3-;. The quantitative estimate of drug-likeness (QED) is 0.557. The van der Waals surface area contributed by atoms with Crippen molar-refractivity contribution in [1.29, 1.82) is 0 Å². The zero-order valence-corrected chi connectivity index (χ0v) is 6.36. The topological polar surface area (TPSA) is 26.0 Å². The molecule has 2 N–H and O–H groups in total. The summed E-state index contributed by atoms with van der Waals surface area (Å²) in [6, 6.07) is 0. The fraction of sp³-hybridized carbons (Fsp3) is 0.714. The van der Waals surface area contributed by atoms with Crippen LogP contribution >= 0.6 is 0 Å². The molecule has 0 rings (SSSR count). The highest BCUT2D eigenvalue weighted by Gasteiger charge is 1.73. The summed E-state index contributed by atoms with van der Waals surface area (Å²) in [5, 5.41) is 0. The van der Waals surface area contributed by atoms with E-state index in [-0.39, 0.29) is 0 Å². The maximum atomic E-state index is 5.33. The lowest BCUT2D eigenvalue weighted by Crippen LogP contribution is -1.91. The van der Waals surface area contributed by atoms with Gasteiger partial charge >= 0.3 is 0 Å². The molecule has 0 amide bonds. The fourth-order valence-corrected chi connectivity index (χ4v) is 0.204. The van der Waals surface area contributed by atoms with E-state index < -0.39 is 0 Å². The molecule has 0 radical (unpaired) electrons. The van der Waals surface area contributed by atoms with E-state index in [1.807, 2.05) is 33.8 Å². The lowest BCUT2D eigenvalue weighted by Gasteiger charge is -1.86. The zero-order chi connectivity index (χ0) is 6.99. The Balaban J connectivity index is 0. The van der Waals surface area contributed by atoms with Gasteiger partial charge < -0.3 is 5.73 Å². The van der Waals surface area contributed by atoms with E-state index in [1.165, 1.54) is 0 Å². The van der Waals surface area contributed by atoms with Gasteiger partial charge in [0.15, 0.2) is 0 Å². The molecule has 0 unspecified atom stereocenters. The molecule has 0 aliphatic carbocycles. The average molecular weight is 115 g/mol. The number of nitrogens with two attached hydrogens (primary N) is 1. The van der Waals surface area contributed by atoms with Crippen LogP contribution in [0.25, 0.3) is 0 Å². The van der Waals surface area contributed by atoms with Crippen molar-refractivity contribution in [2.45, 2.75) is 34.1 Å². The van der Waals surface area contributed by atoms with Gasteiger partial charge in [-0.1, -0.05) is 26.8 Å². The normalized spacial score (nSPS) is 9.75. The van der Waals surface area contributed by atoms with Crippen LogP contribution in [0.2, 0.25) is 0 Å². The third-order valence-corrected chi connectivity index (χ3v) is 0.779. The van der Waals surface area contributed by atoms with E-state index in [1.54, 1.807) is 0 Å². The molecule has 0 saturated heterocycles. The van der Waals surface area contributed by atoms with Crippen LogP contribution in [-0.2, 0) is 0 Å². The SMILES string of the molecule is C/C=C(\N)CC.CC. The highest BCUT2D eigenvalue weighted by Crippen LogP contribution is 1.85. The molecule has 1 nitrogen and oxygen atoms in total. The minimum absolute atomic E-state index is 0.968. The van der Waals surface area contributed by atoms with Crippen molar-refractivity contribution < 1.29 is 0 Å². The van der Waals surface area contributed by atoms with Gasteiger partial charge in [-0.15, -0.1) is 0 Å². The zero-order valence-electron chi connectivity index (χ0n) is 6.36. The predicted octanol–water partition coefficient (Wildman–Crippen LogP) is 2.29. The second-order valence-electron chi connectivity index (χ2n) is 1.22. The first-order valence-corrected chi connectivity index (χ1v) is 3.22. The van der Waals surface area contributed by atoms with Crippen molar-refractivity contribution in [2.24, 2.45) is 5.73 Å². The first-order chi connectivity index (χ1) is 3.81. The molecule has 0 aliphatic rings. The van der Waals surface area contributed by atoms with E-state index in [0.717, 1.165) is 12.1 Å². The molecule has 8 heavy (non-hydrogen) atoms. The van der Waals surface area contributed by atoms with Crippen molar-refractivity contribution in [3.8, 4) is 0 Å². The summed E-state index contributed by atoms with van der Waals surface area (Å²) in [6.45, 7) is 7.98. The summed E-state index contributed by atoms with van der Waals surface area (Å²) in [4.78, 5) is 0. The van der Waals surface area contributed by atoms with E-state index in [9.17, 15) is 0 Å². The van der Waals surface area contributed by atoms with Gasteiger partial charge in [-0.3, -0.25) is 0 Å². The van der Waals surface area contributed by atoms with Gasteiger partial charge in [0.05, 0.1) is 0 Å². The van der Waals surface area contributed by atoms with E-state index in [0.29, 0.717) is 0 Å². The molecule has 0 spiro atoms. The molecule has 50 valence electrons. The second kappa shape index (κ2) is 9.74. The number of rotatable bonds is 1. The van der Waals surface area contributed by atoms with Gasteiger partial charge in [-0.05, 0) is 13.3 Å². The summed E-state index contributed by atoms with van der Waals surface area (Å²) in [5.41, 5.74) is 6.30. The lowest BCUT2D eigenvalue weighted by molar-refractivity contribution is 1.06. The minimum Gasteiger partial charge on any atom is -0.402 e. The molecular formula is C7H17N. The van der Waals surface area contributed by atoms with Crippen molar-refractivity contribution in [2.75, 3.05) is 0 Å². The summed E-state index contributed by atoms with van der Waals surface area (Å²) in [5.74, 6) is 0. The highest BCUT2D eigenvalue weighted by atomic mass is 14.6. The van der Waals surface area contributed by atoms with Gasteiger partial charge in [0.25, 0.3) is 0 Å². The van der Waals surface area contributed by atoms with Crippen LogP contribution in [0.3, 0.4) is 0 Å². The Labute approximate surface area is 52.6 Å². The largest absolute Gasteiger partial charge is 0.402 e. The number of allylic oxidation sites excluding steroid dienone is 2. The van der Waals surface area contributed by atoms with Crippen LogP contribution in [0.15, 0.2) is 11.8 Å². The Hall–Kier alpha value is -0.460. The monoisotopic (exact) mass is 115 g/mol. The number of hydrogen-bond donors (Lipinski definition) is 1. The molecule has 0 saturated carbocycles. The van der Waals surface area contributed by atoms with E-state index in [4.69, 9.17) is 5.73 Å². The molecule has 0 aromatic heterocycles. The average Bonchev–Trinajstić information content (AvgIpc) is 1.91. The molecule has 0 aliphatic heterocycles. The summed E-state index contributed by atoms with van der Waals surface area (Å²) in [6.07, 6.45) is 2.89. The van der Waals surface area contributed by atoms with Crippen molar-refractivity contribution in [3.05, 3.63) is 11.8 Å². The molecule has 0 aromatic carbocycles. The Morgan fingerprint density at radius 2 is 1.88 bits per heavy atom. The molecule has 0 aromatic rings. The molecule has 0 fully saturated rings. The highest BCUT2D eigenvalue weighted by molar-refractivity contribution is 4.91. The van der Waals surface area contributed by atoms with Crippen LogP contribution < -0.4 is 5.73 Å². The molecular weight excluding hydrogens is 98.1 g/mol. The van der Waals surface area contributed by atoms with Crippen LogP contribution in [0, 0.1) is 0 Å². The lowest BCUT2D eigenvalue weighted by atomic mass is 10.3. The van der Waals surface area contributed by atoms with Crippen molar-refractivity contribution in [1.82, 2.24) is 0 Å². The Bertz CT molecular complexity index is 55.4. The molecule has 0 heterocycles. The fourth-order valence-electron chi connectivity index (χ4n) is 0.204. The Kier molecular flexibility index (Phi) is 12.8. The minimum atomic E-state index is 0.968. The molecule has 0 bridgehead atoms. The third kappa shape index (κ3) is 9.11. The van der Waals surface area contributed by atoms with Crippen LogP contribution in [-0.4, -0.2) is 0 Å². The molecule has 0 atom stereocenters. The van der Waals surface area contributed by atoms with Gasteiger partial charge in [-0.25, -0.2) is 0 Å². The smallest absolute Gasteiger partial charge is 0.00343 e. The first-order valence-electron chi connectivity index (χ1n) is 3.22. The van der Waals surface area contributed by atoms with E-state index >= 15 is 0 Å². The number of hydrogen-bond acceptors (Lipinski definition) is 1. The van der Waals surface area contributed by atoms with Crippen LogP contribution in [0.4, 0.5) is 0 Å². The Morgan fingerprint density at radius 3 is 1.88 bits per heavy atom. The molecule has 1 heteroatoms. The maximum absolute atomic E-state index is 5.33. The van der Waals surface area contributed by atoms with Gasteiger partial charge in [-0.2, -0.15) is 0 Å². The maximum Gasteiger partial charge on any atom is 0.00343 e. The summed E-state index contributed by atoms with van der Waals surface area (Å²) < 4.78 is 0. The summed E-state index contributed by atoms with van der Waals surface area (Å²) in [7, 11) is 0. The van der Waals surface area contributed by atoms with E-state index in [2.05, 4.69) is 0 Å². The van der Waals surface area contributed by atoms with Crippen LogP contribution in [0.1, 0.15) is 34.1 Å². The van der Waals surface area contributed by atoms with Crippen molar-refractivity contribution >= 4 is 0 Å². The van der Waals surface area contributed by atoms with Crippen LogP contribution in [0.5, 0.6) is 0 Å². The van der Waals surface area contributed by atoms with Crippen molar-refractivity contribution in [3.63, 3.8) is 0 Å². The Morgan fingerprint density at radius 1 is 1.50 bits per heavy atom. The first kappa shape index (κ1) is 10.5. The van der Waals surface area contributed by atoms with Gasteiger partial charge in [0.2, 0.25) is 0 Å². The second-order valence-corrected chi connectivity index (χ2v) is 1.22. The van der Waals surface area contributed by atoms with Gasteiger partial charge in [0, 0.05) is 5.70 Å². The van der Waals surface area contributed by atoms with Gasteiger partial charge in [0.1, 0.15) is 0 Å². The summed E-state index contributed by atoms with van der Waals surface area (Å²) >= 11 is 0. The predicted molar refractivity (Wildman–Crippen MR) is 39.6 cm³/mol.